The molecule has 0 radical (unpaired) electrons. The van der Waals surface area contributed by atoms with E-state index in [1.165, 1.54) is 0 Å². The van der Waals surface area contributed by atoms with Crippen LogP contribution < -0.4 is 0 Å². The maximum absolute atomic E-state index is 11.8. The normalized spacial score (nSPS) is 22.3. The van der Waals surface area contributed by atoms with Crippen LogP contribution in [-0.4, -0.2) is 40.9 Å². The van der Waals surface area contributed by atoms with Gasteiger partial charge in [-0.05, 0) is 46.5 Å². The van der Waals surface area contributed by atoms with Gasteiger partial charge in [-0.1, -0.05) is 13.8 Å². The van der Waals surface area contributed by atoms with E-state index in [4.69, 9.17) is 4.74 Å². The van der Waals surface area contributed by atoms with Gasteiger partial charge in [-0.3, -0.25) is 0 Å². The van der Waals surface area contributed by atoms with Gasteiger partial charge in [0.05, 0.1) is 6.10 Å². The summed E-state index contributed by atoms with van der Waals surface area (Å²) in [4.78, 5) is 13.6. The summed E-state index contributed by atoms with van der Waals surface area (Å²) < 4.78 is 5.33. The Morgan fingerprint density at radius 3 is 2.11 bits per heavy atom. The summed E-state index contributed by atoms with van der Waals surface area (Å²) in [5.41, 5.74) is -0.140. The van der Waals surface area contributed by atoms with Crippen molar-refractivity contribution in [3.8, 4) is 0 Å². The molecule has 1 saturated heterocycles. The van der Waals surface area contributed by atoms with E-state index in [9.17, 15) is 9.90 Å². The van der Waals surface area contributed by atoms with Crippen LogP contribution in [0.4, 0.5) is 4.79 Å². The Labute approximate surface area is 117 Å². The second-order valence-electron chi connectivity index (χ2n) is 6.57. The van der Waals surface area contributed by atoms with Gasteiger partial charge in [0.2, 0.25) is 0 Å². The van der Waals surface area contributed by atoms with Gasteiger partial charge in [0.15, 0.2) is 0 Å². The molecule has 2 aliphatic rings. The summed E-state index contributed by atoms with van der Waals surface area (Å²) in [5.74, 6) is 0. The highest BCUT2D eigenvalue weighted by Gasteiger charge is 2.47. The molecule has 1 aliphatic carbocycles. The predicted molar refractivity (Wildman–Crippen MR) is 76.1 cm³/mol. The summed E-state index contributed by atoms with van der Waals surface area (Å²) in [5, 5.41) is 9.48. The van der Waals surface area contributed by atoms with Gasteiger partial charge in [-0.2, -0.15) is 0 Å². The van der Waals surface area contributed by atoms with Crippen LogP contribution >= 0.6 is 0 Å². The topological polar surface area (TPSA) is 49.8 Å². The van der Waals surface area contributed by atoms with Crippen LogP contribution in [0.25, 0.3) is 0 Å². The Morgan fingerprint density at radius 1 is 1.21 bits per heavy atom. The zero-order valence-electron chi connectivity index (χ0n) is 13.0. The molecule has 0 aromatic carbocycles. The lowest BCUT2D eigenvalue weighted by atomic mass is 9.68. The molecule has 0 atom stereocenters. The van der Waals surface area contributed by atoms with Crippen LogP contribution in [0.1, 0.15) is 60.3 Å². The van der Waals surface area contributed by atoms with Crippen LogP contribution in [0.2, 0.25) is 0 Å². The molecule has 0 aromatic rings. The summed E-state index contributed by atoms with van der Waals surface area (Å²) in [6.07, 6.45) is 3.50. The van der Waals surface area contributed by atoms with Gasteiger partial charge in [0.1, 0.15) is 5.60 Å². The summed E-state index contributed by atoms with van der Waals surface area (Å²) >= 11 is 0. The minimum Gasteiger partial charge on any atom is -0.444 e. The molecule has 112 valence electrons. The van der Waals surface area contributed by atoms with Gasteiger partial charge < -0.3 is 14.7 Å². The molecule has 0 aromatic heterocycles. The van der Waals surface area contributed by atoms with Crippen LogP contribution in [0, 0.1) is 5.41 Å². The van der Waals surface area contributed by atoms with Crippen molar-refractivity contribution < 1.29 is 14.6 Å². The van der Waals surface area contributed by atoms with E-state index in [0.717, 1.165) is 38.8 Å². The number of hydrogen-bond donors (Lipinski definition) is 1. The van der Waals surface area contributed by atoms with Crippen molar-refractivity contribution >= 4 is 6.09 Å². The maximum atomic E-state index is 11.8. The fraction of sp³-hybridized carbons (Fsp3) is 0.933. The monoisotopic (exact) mass is 271 g/mol. The SMILES string of the molecule is CC.CC(C)(C)OC(=O)N1CC2(CCC(O)CC2)C1. The second kappa shape index (κ2) is 6.12. The molecule has 4 nitrogen and oxygen atoms in total. The third-order valence-corrected chi connectivity index (χ3v) is 3.72. The van der Waals surface area contributed by atoms with Crippen LogP contribution in [0.5, 0.6) is 0 Å². The summed E-state index contributed by atoms with van der Waals surface area (Å²) in [7, 11) is 0. The Kier molecular flexibility index (Phi) is 5.25. The van der Waals surface area contributed by atoms with Gasteiger partial charge in [-0.25, -0.2) is 4.79 Å². The molecule has 0 bridgehead atoms. The number of likely N-dealkylation sites (tertiary alicyclic amines) is 1. The van der Waals surface area contributed by atoms with Gasteiger partial charge in [-0.15, -0.1) is 0 Å². The van der Waals surface area contributed by atoms with E-state index < -0.39 is 5.60 Å². The predicted octanol–water partition coefficient (Wildman–Crippen LogP) is 3.18. The minimum atomic E-state index is -0.414. The molecule has 1 amide bonds. The Morgan fingerprint density at radius 2 is 1.68 bits per heavy atom. The average Bonchev–Trinajstić information content (AvgIpc) is 2.28. The highest BCUT2D eigenvalue weighted by molar-refractivity contribution is 5.69. The zero-order valence-corrected chi connectivity index (χ0v) is 13.0. The first-order chi connectivity index (χ1) is 8.80. The summed E-state index contributed by atoms with van der Waals surface area (Å²) in [6, 6.07) is 0. The molecule has 2 rings (SSSR count). The standard InChI is InChI=1S/C13H23NO3.C2H6/c1-12(2,3)17-11(16)14-8-13(9-14)6-4-10(15)5-7-13;1-2/h10,15H,4-9H2,1-3H3;1-2H3. The van der Waals surface area contributed by atoms with E-state index in [-0.39, 0.29) is 17.6 Å². The number of hydrogen-bond acceptors (Lipinski definition) is 3. The molecular formula is C15H29NO3. The lowest BCUT2D eigenvalue weighted by Gasteiger charge is -2.52. The number of carbonyl (C=O) groups is 1. The first kappa shape index (κ1) is 16.3. The van der Waals surface area contributed by atoms with Crippen molar-refractivity contribution in [2.75, 3.05) is 13.1 Å². The van der Waals surface area contributed by atoms with E-state index >= 15 is 0 Å². The number of nitrogens with zero attached hydrogens (tertiary/aromatic N) is 1. The lowest BCUT2D eigenvalue weighted by Crippen LogP contribution is -2.60. The van der Waals surface area contributed by atoms with Crippen LogP contribution in [-0.2, 0) is 4.74 Å². The molecule has 1 N–H and O–H groups in total. The number of amides is 1. The molecule has 1 aliphatic heterocycles. The second-order valence-corrected chi connectivity index (χ2v) is 6.57. The largest absolute Gasteiger partial charge is 0.444 e. The van der Waals surface area contributed by atoms with Crippen molar-refractivity contribution in [3.63, 3.8) is 0 Å². The Balaban J connectivity index is 0.000000861. The molecule has 1 spiro atoms. The molecule has 1 heterocycles. The minimum absolute atomic E-state index is 0.129. The van der Waals surface area contributed by atoms with Crippen molar-refractivity contribution in [1.82, 2.24) is 4.90 Å². The van der Waals surface area contributed by atoms with Crippen LogP contribution in [0.15, 0.2) is 0 Å². The highest BCUT2D eigenvalue weighted by atomic mass is 16.6. The van der Waals surface area contributed by atoms with Crippen molar-refractivity contribution in [2.45, 2.75) is 72.0 Å². The third-order valence-electron chi connectivity index (χ3n) is 3.72. The molecule has 4 heteroatoms. The number of aliphatic hydroxyl groups excluding tert-OH is 1. The lowest BCUT2D eigenvalue weighted by molar-refractivity contribution is -0.0634. The van der Waals surface area contributed by atoms with E-state index in [1.807, 2.05) is 34.6 Å². The smallest absolute Gasteiger partial charge is 0.410 e. The Hall–Kier alpha value is -0.770. The number of aliphatic hydroxyl groups is 1. The quantitative estimate of drug-likeness (QED) is 0.736. The van der Waals surface area contributed by atoms with Crippen molar-refractivity contribution in [3.05, 3.63) is 0 Å². The molecular weight excluding hydrogens is 242 g/mol. The fourth-order valence-corrected chi connectivity index (χ4v) is 2.75. The highest BCUT2D eigenvalue weighted by Crippen LogP contribution is 2.44. The van der Waals surface area contributed by atoms with Crippen LogP contribution in [0.3, 0.4) is 0 Å². The van der Waals surface area contributed by atoms with E-state index in [1.54, 1.807) is 4.90 Å². The molecule has 19 heavy (non-hydrogen) atoms. The molecule has 2 fully saturated rings. The maximum Gasteiger partial charge on any atom is 0.410 e. The van der Waals surface area contributed by atoms with Gasteiger partial charge in [0.25, 0.3) is 0 Å². The Bertz CT molecular complexity index is 293. The molecule has 1 saturated carbocycles. The van der Waals surface area contributed by atoms with Crippen molar-refractivity contribution in [1.29, 1.82) is 0 Å². The van der Waals surface area contributed by atoms with Gasteiger partial charge >= 0.3 is 6.09 Å². The first-order valence-corrected chi connectivity index (χ1v) is 7.46. The molecule has 0 unspecified atom stereocenters. The number of ether oxygens (including phenoxy) is 1. The average molecular weight is 271 g/mol. The fourth-order valence-electron chi connectivity index (χ4n) is 2.75. The number of rotatable bonds is 0. The van der Waals surface area contributed by atoms with Gasteiger partial charge in [0, 0.05) is 18.5 Å². The van der Waals surface area contributed by atoms with Crippen molar-refractivity contribution in [2.24, 2.45) is 5.41 Å². The third kappa shape index (κ3) is 4.37. The van der Waals surface area contributed by atoms with E-state index in [0.29, 0.717) is 0 Å². The summed E-state index contributed by atoms with van der Waals surface area (Å²) in [6.45, 7) is 11.3. The zero-order chi connectivity index (χ0) is 14.7. The van der Waals surface area contributed by atoms with E-state index in [2.05, 4.69) is 0 Å². The first-order valence-electron chi connectivity index (χ1n) is 7.46. The number of carbonyl (C=O) groups excluding carboxylic acids is 1.